The van der Waals surface area contributed by atoms with Crippen LogP contribution in [0.25, 0.3) is 0 Å². The third-order valence-corrected chi connectivity index (χ3v) is 10.7. The maximum atomic E-state index is 15.7. The van der Waals surface area contributed by atoms with Crippen molar-refractivity contribution >= 4 is 49.5 Å². The van der Waals surface area contributed by atoms with E-state index in [-0.39, 0.29) is 42.7 Å². The van der Waals surface area contributed by atoms with Crippen molar-refractivity contribution in [2.24, 2.45) is 5.41 Å². The smallest absolute Gasteiger partial charge is 0.238 e. The van der Waals surface area contributed by atoms with Gasteiger partial charge in [0.15, 0.2) is 0 Å². The Kier molecular flexibility index (Phi) is 6.51. The highest BCUT2D eigenvalue weighted by Crippen LogP contribution is 2.57. The van der Waals surface area contributed by atoms with E-state index >= 15 is 4.39 Å². The number of carbonyl (C=O) groups is 2. The maximum absolute atomic E-state index is 15.7. The number of nitrogens with one attached hydrogen (secondary N) is 3. The lowest BCUT2D eigenvalue weighted by atomic mass is 9.62. The Morgan fingerprint density at radius 2 is 1.94 bits per heavy atom. The molecule has 2 saturated heterocycles. The number of anilines is 1. The Labute approximate surface area is 223 Å². The largest absolute Gasteiger partial charge is 0.353 e. The summed E-state index contributed by atoms with van der Waals surface area (Å²) in [5.41, 5.74) is 0.189. The van der Waals surface area contributed by atoms with Crippen molar-refractivity contribution in [1.29, 1.82) is 0 Å². The van der Waals surface area contributed by atoms with Crippen LogP contribution in [0.4, 0.5) is 10.1 Å². The summed E-state index contributed by atoms with van der Waals surface area (Å²) in [6.45, 7) is 8.54. The van der Waals surface area contributed by atoms with E-state index in [0.717, 1.165) is 17.7 Å². The minimum atomic E-state index is -1.22. The lowest BCUT2D eigenvalue weighted by molar-refractivity contribution is -0.124. The Hall–Kier alpha value is -1.93. The zero-order chi connectivity index (χ0) is 26.0. The van der Waals surface area contributed by atoms with Gasteiger partial charge in [-0.25, -0.2) is 4.39 Å². The van der Waals surface area contributed by atoms with E-state index in [9.17, 15) is 9.59 Å². The van der Waals surface area contributed by atoms with Gasteiger partial charge in [0.25, 0.3) is 0 Å². The van der Waals surface area contributed by atoms with Crippen LogP contribution in [0.1, 0.15) is 44.2 Å². The molecule has 36 heavy (non-hydrogen) atoms. The summed E-state index contributed by atoms with van der Waals surface area (Å²) in [4.78, 5) is 27.9. The van der Waals surface area contributed by atoms with Crippen LogP contribution in [0.15, 0.2) is 36.4 Å². The average Bonchev–Trinajstić information content (AvgIpc) is 3.23. The number of benzene rings is 2. The highest BCUT2D eigenvalue weighted by atomic mass is 35.5. The van der Waals surface area contributed by atoms with Crippen molar-refractivity contribution in [3.8, 4) is 0 Å². The van der Waals surface area contributed by atoms with Gasteiger partial charge >= 0.3 is 0 Å². The highest BCUT2D eigenvalue weighted by molar-refractivity contribution is 6.61. The first-order valence-corrected chi connectivity index (χ1v) is 15.5. The monoisotopic (exact) mass is 546 g/mol. The van der Waals surface area contributed by atoms with Crippen molar-refractivity contribution in [2.75, 3.05) is 5.32 Å². The molecule has 1 radical (unpaired) electrons. The number of carbonyl (C=O) groups excluding carboxylic acids is 2. The summed E-state index contributed by atoms with van der Waals surface area (Å²) in [6, 6.07) is 11.0. The second-order valence-corrected chi connectivity index (χ2v) is 15.2. The van der Waals surface area contributed by atoms with Crippen LogP contribution in [-0.4, -0.2) is 38.7 Å². The fourth-order valence-corrected chi connectivity index (χ4v) is 8.45. The van der Waals surface area contributed by atoms with E-state index in [4.69, 9.17) is 23.2 Å². The van der Waals surface area contributed by atoms with Crippen LogP contribution in [0.2, 0.25) is 28.7 Å². The molecule has 2 amide bonds. The summed E-state index contributed by atoms with van der Waals surface area (Å²) in [7, 11) is -0.385. The quantitative estimate of drug-likeness (QED) is 0.443. The molecule has 4 atom stereocenters. The van der Waals surface area contributed by atoms with Gasteiger partial charge < -0.3 is 16.0 Å². The van der Waals surface area contributed by atoms with E-state index < -0.39 is 29.2 Å². The molecule has 3 aliphatic heterocycles. The predicted molar refractivity (Wildman–Crippen MR) is 144 cm³/mol. The molecule has 0 unspecified atom stereocenters. The van der Waals surface area contributed by atoms with Crippen LogP contribution in [-0.2, 0) is 15.0 Å². The Bertz CT molecular complexity index is 1230. The van der Waals surface area contributed by atoms with Crippen molar-refractivity contribution in [3.05, 3.63) is 63.4 Å². The molecule has 9 heteroatoms. The lowest BCUT2D eigenvalue weighted by Crippen LogP contribution is -2.53. The maximum Gasteiger partial charge on any atom is 0.238 e. The molecule has 0 aliphatic carbocycles. The van der Waals surface area contributed by atoms with Crippen LogP contribution in [0.5, 0.6) is 0 Å². The summed E-state index contributed by atoms with van der Waals surface area (Å²) >= 11 is 12.5. The molecule has 0 bridgehead atoms. The van der Waals surface area contributed by atoms with Gasteiger partial charge in [0, 0.05) is 37.5 Å². The predicted octanol–water partition coefficient (Wildman–Crippen LogP) is 5.51. The standard InChI is InChI=1S/C27H31Cl2FN3O2Si/c1-26(2,3)11-20-27(17-9-8-14(28)10-19(17)32-25(27)35)21(16-6-5-7-18(29)22(16)30)23(33-20)24(34)31-15-12-36(4)13-15/h5-10,15,20-21,23,33H,11-13H2,1-4H3,(H,31,34)(H,32,35)/t20-,21-,23+,27+/m0/s1. The van der Waals surface area contributed by atoms with E-state index in [1.165, 1.54) is 6.07 Å². The van der Waals surface area contributed by atoms with E-state index in [0.29, 0.717) is 17.1 Å². The van der Waals surface area contributed by atoms with Gasteiger partial charge in [-0.3, -0.25) is 9.59 Å². The second kappa shape index (κ2) is 9.12. The number of fused-ring (bicyclic) bond motifs is 2. The number of rotatable bonds is 4. The minimum absolute atomic E-state index is 0.0342. The lowest BCUT2D eigenvalue weighted by Gasteiger charge is -2.38. The van der Waals surface area contributed by atoms with Crippen LogP contribution >= 0.6 is 23.2 Å². The van der Waals surface area contributed by atoms with Gasteiger partial charge in [-0.05, 0) is 53.3 Å². The van der Waals surface area contributed by atoms with Gasteiger partial charge in [0.1, 0.15) is 11.2 Å². The first-order valence-electron chi connectivity index (χ1n) is 12.3. The van der Waals surface area contributed by atoms with E-state index in [1.807, 2.05) is 6.07 Å². The van der Waals surface area contributed by atoms with E-state index in [2.05, 4.69) is 43.3 Å². The fraction of sp³-hybridized carbons (Fsp3) is 0.481. The molecule has 3 heterocycles. The highest BCUT2D eigenvalue weighted by Gasteiger charge is 2.66. The molecule has 191 valence electrons. The first kappa shape index (κ1) is 25.7. The number of hydrogen-bond donors (Lipinski definition) is 3. The number of hydrogen-bond acceptors (Lipinski definition) is 3. The molecule has 0 saturated carbocycles. The van der Waals surface area contributed by atoms with Crippen molar-refractivity contribution in [2.45, 2.75) is 75.3 Å². The fourth-order valence-electron chi connectivity index (χ4n) is 6.33. The second-order valence-electron chi connectivity index (χ2n) is 11.7. The summed E-state index contributed by atoms with van der Waals surface area (Å²) in [5, 5.41) is 10.2. The van der Waals surface area contributed by atoms with Gasteiger partial charge in [-0.15, -0.1) is 0 Å². The third kappa shape index (κ3) is 4.18. The van der Waals surface area contributed by atoms with Gasteiger partial charge in [-0.2, -0.15) is 0 Å². The number of amides is 2. The zero-order valence-electron chi connectivity index (χ0n) is 20.8. The molecule has 2 aromatic carbocycles. The van der Waals surface area contributed by atoms with Crippen LogP contribution < -0.4 is 16.0 Å². The Morgan fingerprint density at radius 1 is 1.22 bits per heavy atom. The molecular formula is C27H31Cl2FN3O2Si. The zero-order valence-corrected chi connectivity index (χ0v) is 23.4. The molecule has 2 fully saturated rings. The summed E-state index contributed by atoms with van der Waals surface area (Å²) in [6.07, 6.45) is 0.594. The molecule has 5 rings (SSSR count). The Balaban J connectivity index is 1.71. The first-order chi connectivity index (χ1) is 16.9. The van der Waals surface area contributed by atoms with Gasteiger partial charge in [-0.1, -0.05) is 68.7 Å². The minimum Gasteiger partial charge on any atom is -0.353 e. The topological polar surface area (TPSA) is 70.2 Å². The molecular weight excluding hydrogens is 516 g/mol. The SMILES string of the molecule is C[Si]1CC(NC(=O)[C@@H]2N[C@@H](CC(C)(C)C)[C@@]3(C(=O)Nc4cc(Cl)ccc43)[C@H]2c2cccc(Cl)c2F)C1. The number of halogens is 3. The van der Waals surface area contributed by atoms with Crippen LogP contribution in [0, 0.1) is 11.2 Å². The molecule has 3 aliphatic rings. The average molecular weight is 548 g/mol. The van der Waals surface area contributed by atoms with Gasteiger partial charge in [0.05, 0.1) is 11.1 Å². The molecule has 3 N–H and O–H groups in total. The molecule has 0 aromatic heterocycles. The van der Waals surface area contributed by atoms with Crippen molar-refractivity contribution in [3.63, 3.8) is 0 Å². The van der Waals surface area contributed by atoms with Crippen LogP contribution in [0.3, 0.4) is 0 Å². The molecule has 1 spiro atoms. The Morgan fingerprint density at radius 3 is 2.61 bits per heavy atom. The summed E-state index contributed by atoms with van der Waals surface area (Å²) < 4.78 is 15.7. The molecule has 5 nitrogen and oxygen atoms in total. The molecule has 2 aromatic rings. The third-order valence-electron chi connectivity index (χ3n) is 7.76. The van der Waals surface area contributed by atoms with Crippen molar-refractivity contribution in [1.82, 2.24) is 10.6 Å². The van der Waals surface area contributed by atoms with Gasteiger partial charge in [0.2, 0.25) is 11.8 Å². The summed E-state index contributed by atoms with van der Waals surface area (Å²) in [5.74, 6) is -1.87. The van der Waals surface area contributed by atoms with Crippen molar-refractivity contribution < 1.29 is 14.0 Å². The van der Waals surface area contributed by atoms with E-state index in [1.54, 1.807) is 24.3 Å². The normalized spacial score (nSPS) is 28.2.